The van der Waals surface area contributed by atoms with E-state index < -0.39 is 5.97 Å². The molecular formula is C25H21BrN4O3. The van der Waals surface area contributed by atoms with Crippen LogP contribution in [0.3, 0.4) is 0 Å². The lowest BCUT2D eigenvalue weighted by molar-refractivity contribution is 0.0594. The van der Waals surface area contributed by atoms with Crippen LogP contribution < -0.4 is 5.73 Å². The molecule has 3 heterocycles. The van der Waals surface area contributed by atoms with Crippen LogP contribution in [0.25, 0.3) is 33.4 Å². The summed E-state index contributed by atoms with van der Waals surface area (Å²) >= 11 is 3.79. The summed E-state index contributed by atoms with van der Waals surface area (Å²) in [5.41, 5.74) is 13.6. The molecule has 2 aromatic heterocycles. The highest BCUT2D eigenvalue weighted by atomic mass is 79.9. The second-order valence-electron chi connectivity index (χ2n) is 7.64. The average Bonchev–Trinajstić information content (AvgIpc) is 3.33. The summed E-state index contributed by atoms with van der Waals surface area (Å²) in [6.07, 6.45) is 4.10. The number of carbonyl (C=O) groups excluding carboxylic acids is 1. The number of nitrogens with two attached hydrogens (primary N) is 1. The Morgan fingerprint density at radius 3 is 2.70 bits per heavy atom. The van der Waals surface area contributed by atoms with Crippen LogP contribution in [-0.2, 0) is 17.7 Å². The number of imidazole rings is 1. The molecule has 2 aliphatic rings. The quantitative estimate of drug-likeness (QED) is 0.249. The van der Waals surface area contributed by atoms with E-state index >= 15 is 0 Å². The number of nitrogen functional groups attached to an aromatic ring is 1. The van der Waals surface area contributed by atoms with Gasteiger partial charge in [-0.1, -0.05) is 25.1 Å². The Balaban J connectivity index is 1.76. The molecule has 0 unspecified atom stereocenters. The average molecular weight is 505 g/mol. The Kier molecular flexibility index (Phi) is 5.38. The van der Waals surface area contributed by atoms with Gasteiger partial charge in [0.25, 0.3) is 0 Å². The predicted molar refractivity (Wildman–Crippen MR) is 130 cm³/mol. The van der Waals surface area contributed by atoms with Gasteiger partial charge >= 0.3 is 5.97 Å². The van der Waals surface area contributed by atoms with Crippen molar-refractivity contribution in [1.82, 2.24) is 14.5 Å². The number of ether oxygens (including phenoxy) is 1. The second-order valence-corrected chi connectivity index (χ2v) is 8.43. The molecule has 0 fully saturated rings. The highest BCUT2D eigenvalue weighted by Gasteiger charge is 2.26. The number of anilines is 1. The summed E-state index contributed by atoms with van der Waals surface area (Å²) in [5, 5.41) is 0. The van der Waals surface area contributed by atoms with E-state index in [2.05, 4.69) is 25.5 Å². The van der Waals surface area contributed by atoms with Crippen molar-refractivity contribution in [3.8, 4) is 22.3 Å². The smallest absolute Gasteiger partial charge is 0.356 e. The van der Waals surface area contributed by atoms with Crippen molar-refractivity contribution in [2.45, 2.75) is 19.9 Å². The summed E-state index contributed by atoms with van der Waals surface area (Å²) in [6.45, 7) is 2.54. The maximum absolute atomic E-state index is 12.1. The molecule has 7 nitrogen and oxygen atoms in total. The molecule has 0 radical (unpaired) electrons. The number of esters is 1. The molecule has 0 saturated carbocycles. The summed E-state index contributed by atoms with van der Waals surface area (Å²) in [5.74, 6) is 0.390. The number of fused-ring (bicyclic) bond motifs is 2. The van der Waals surface area contributed by atoms with E-state index in [9.17, 15) is 4.79 Å². The number of halogens is 1. The zero-order valence-electron chi connectivity index (χ0n) is 18.1. The van der Waals surface area contributed by atoms with Crippen molar-refractivity contribution >= 4 is 38.8 Å². The minimum absolute atomic E-state index is 0.244. The lowest BCUT2D eigenvalue weighted by Gasteiger charge is -2.13. The topological polar surface area (TPSA) is 96.2 Å². The van der Waals surface area contributed by atoms with Crippen LogP contribution in [0.1, 0.15) is 28.8 Å². The molecule has 3 aromatic rings. The standard InChI is InChI=1S/C25H21BrN4O3/c1-3-21-28-19-8-9-20(25(31)32-2)29-24(19)30(21)12-16-14-10-11-33-13-17(14)23(26)22(16)15-6-4-5-7-18(15)27/h4-11,13H,3,12,27H2,1-2H3. The molecule has 33 heavy (non-hydrogen) atoms. The van der Waals surface area contributed by atoms with Gasteiger partial charge in [-0.2, -0.15) is 0 Å². The van der Waals surface area contributed by atoms with E-state index in [0.717, 1.165) is 43.6 Å². The van der Waals surface area contributed by atoms with Crippen LogP contribution in [0.15, 0.2) is 63.9 Å². The molecule has 166 valence electrons. The Labute approximate surface area is 198 Å². The van der Waals surface area contributed by atoms with E-state index in [1.807, 2.05) is 37.3 Å². The minimum atomic E-state index is -0.483. The minimum Gasteiger partial charge on any atom is -0.472 e. The monoisotopic (exact) mass is 504 g/mol. The van der Waals surface area contributed by atoms with Gasteiger partial charge in [0.15, 0.2) is 11.3 Å². The first-order valence-electron chi connectivity index (χ1n) is 10.5. The highest BCUT2D eigenvalue weighted by molar-refractivity contribution is 9.10. The first kappa shape index (κ1) is 21.2. The number of aryl methyl sites for hydroxylation is 1. The molecule has 1 aliphatic heterocycles. The van der Waals surface area contributed by atoms with E-state index in [0.29, 0.717) is 24.3 Å². The summed E-state index contributed by atoms with van der Waals surface area (Å²) in [7, 11) is 1.35. The molecule has 0 atom stereocenters. The predicted octanol–water partition coefficient (Wildman–Crippen LogP) is 5.54. The Hall–Kier alpha value is -3.65. The fourth-order valence-electron chi connectivity index (χ4n) is 4.23. The number of nitrogens with zero attached hydrogens (tertiary/aromatic N) is 3. The first-order valence-corrected chi connectivity index (χ1v) is 11.3. The number of carbonyl (C=O) groups is 1. The molecule has 1 aromatic carbocycles. The van der Waals surface area contributed by atoms with Crippen molar-refractivity contribution in [1.29, 1.82) is 0 Å². The molecular weight excluding hydrogens is 484 g/mol. The molecule has 0 spiro atoms. The maximum Gasteiger partial charge on any atom is 0.356 e. The molecule has 8 heteroatoms. The highest BCUT2D eigenvalue weighted by Crippen LogP contribution is 2.47. The van der Waals surface area contributed by atoms with E-state index in [4.69, 9.17) is 19.9 Å². The number of benzene rings is 1. The molecule has 2 N–H and O–H groups in total. The molecule has 1 aliphatic carbocycles. The lowest BCUT2D eigenvalue weighted by atomic mass is 10.0. The van der Waals surface area contributed by atoms with Gasteiger partial charge in [-0.25, -0.2) is 14.8 Å². The zero-order valence-corrected chi connectivity index (χ0v) is 19.7. The zero-order chi connectivity index (χ0) is 23.1. The number of pyridine rings is 1. The van der Waals surface area contributed by atoms with Crippen LogP contribution in [0.2, 0.25) is 0 Å². The fraction of sp³-hybridized carbons (Fsp3) is 0.160. The summed E-state index contributed by atoms with van der Waals surface area (Å²) in [6, 6.07) is 13.2. The van der Waals surface area contributed by atoms with Gasteiger partial charge in [-0.3, -0.25) is 0 Å². The van der Waals surface area contributed by atoms with E-state index in [-0.39, 0.29) is 5.69 Å². The molecule has 0 saturated heterocycles. The SMILES string of the molecule is CCc1nc2ccc(C(=O)OC)nc2n1Cc1c2ccocc-2c(Br)c1-c1ccccc1N. The van der Waals surface area contributed by atoms with Crippen molar-refractivity contribution in [3.63, 3.8) is 0 Å². The lowest BCUT2D eigenvalue weighted by Crippen LogP contribution is -2.09. The Bertz CT molecular complexity index is 1470. The number of hydrogen-bond donors (Lipinski definition) is 1. The van der Waals surface area contributed by atoms with Gasteiger partial charge in [0, 0.05) is 33.3 Å². The number of hydrogen-bond acceptors (Lipinski definition) is 6. The van der Waals surface area contributed by atoms with Crippen LogP contribution in [0, 0.1) is 0 Å². The van der Waals surface area contributed by atoms with E-state index in [1.54, 1.807) is 24.7 Å². The largest absolute Gasteiger partial charge is 0.472 e. The van der Waals surface area contributed by atoms with Gasteiger partial charge in [0.1, 0.15) is 11.3 Å². The van der Waals surface area contributed by atoms with Gasteiger partial charge < -0.3 is 19.5 Å². The number of rotatable bonds is 5. The summed E-state index contributed by atoms with van der Waals surface area (Å²) < 4.78 is 13.3. The number of methoxy groups -OCH3 is 1. The third-order valence-corrected chi connectivity index (χ3v) is 6.62. The number of aromatic nitrogens is 3. The first-order chi connectivity index (χ1) is 16.0. The van der Waals surface area contributed by atoms with Gasteiger partial charge in [0.2, 0.25) is 0 Å². The second kappa shape index (κ2) is 8.37. The van der Waals surface area contributed by atoms with Crippen LogP contribution in [-0.4, -0.2) is 27.6 Å². The van der Waals surface area contributed by atoms with Crippen LogP contribution in [0.4, 0.5) is 5.69 Å². The Morgan fingerprint density at radius 2 is 1.94 bits per heavy atom. The normalized spacial score (nSPS) is 11.4. The van der Waals surface area contributed by atoms with Crippen molar-refractivity contribution in [2.24, 2.45) is 0 Å². The van der Waals surface area contributed by atoms with Crippen LogP contribution in [0.5, 0.6) is 0 Å². The van der Waals surface area contributed by atoms with Gasteiger partial charge in [-0.05, 0) is 51.3 Å². The Morgan fingerprint density at radius 1 is 1.12 bits per heavy atom. The fourth-order valence-corrected chi connectivity index (χ4v) is 4.99. The van der Waals surface area contributed by atoms with E-state index in [1.165, 1.54) is 7.11 Å². The third-order valence-electron chi connectivity index (χ3n) is 5.80. The van der Waals surface area contributed by atoms with Gasteiger partial charge in [0.05, 0.1) is 26.2 Å². The summed E-state index contributed by atoms with van der Waals surface area (Å²) in [4.78, 5) is 21.5. The van der Waals surface area contributed by atoms with Gasteiger partial charge in [-0.15, -0.1) is 0 Å². The van der Waals surface area contributed by atoms with Crippen LogP contribution >= 0.6 is 15.9 Å². The maximum atomic E-state index is 12.1. The molecule has 0 amide bonds. The van der Waals surface area contributed by atoms with Crippen molar-refractivity contribution in [2.75, 3.05) is 12.8 Å². The molecule has 0 bridgehead atoms. The third kappa shape index (κ3) is 3.47. The van der Waals surface area contributed by atoms with Crippen molar-refractivity contribution < 1.29 is 13.9 Å². The number of para-hydroxylation sites is 1. The van der Waals surface area contributed by atoms with Crippen molar-refractivity contribution in [3.05, 3.63) is 76.5 Å². The molecule has 5 rings (SSSR count).